The van der Waals surface area contributed by atoms with Gasteiger partial charge in [-0.3, -0.25) is 0 Å². The van der Waals surface area contributed by atoms with E-state index in [1.54, 1.807) is 32.7 Å². The average Bonchev–Trinajstić information content (AvgIpc) is 3.82. The zero-order valence-corrected chi connectivity index (χ0v) is 26.6. The predicted molar refractivity (Wildman–Crippen MR) is 178 cm³/mol. The van der Waals surface area contributed by atoms with Crippen LogP contribution in [0.3, 0.4) is 0 Å². The summed E-state index contributed by atoms with van der Waals surface area (Å²) in [5.41, 5.74) is 8.57. The van der Waals surface area contributed by atoms with Crippen molar-refractivity contribution in [2.75, 3.05) is 21.3 Å². The Bertz CT molecular complexity index is 1980. The molecule has 6 aromatic rings. The van der Waals surface area contributed by atoms with Gasteiger partial charge in [0, 0.05) is 33.6 Å². The highest BCUT2D eigenvalue weighted by molar-refractivity contribution is 7.08. The molecule has 3 aromatic heterocycles. The van der Waals surface area contributed by atoms with E-state index in [1.807, 2.05) is 81.7 Å². The highest BCUT2D eigenvalue weighted by atomic mass is 32.1. The Balaban J connectivity index is 1.55. The lowest BCUT2D eigenvalue weighted by Crippen LogP contribution is -2.12. The molecule has 0 unspecified atom stereocenters. The highest BCUT2D eigenvalue weighted by Crippen LogP contribution is 2.41. The zero-order chi connectivity index (χ0) is 30.6. The first-order chi connectivity index (χ1) is 21.5. The number of methoxy groups -OCH3 is 3. The second-order valence-electron chi connectivity index (χ2n) is 9.93. The van der Waals surface area contributed by atoms with Crippen LogP contribution in [0.25, 0.3) is 28.2 Å². The molecule has 0 aliphatic carbocycles. The Hall–Kier alpha value is -4.93. The fourth-order valence-corrected chi connectivity index (χ4v) is 6.30. The van der Waals surface area contributed by atoms with E-state index in [0.29, 0.717) is 22.0 Å². The lowest BCUT2D eigenvalue weighted by atomic mass is 10.1. The number of thiazole rings is 1. The number of aryl methyl sites for hydroxylation is 1. The van der Waals surface area contributed by atoms with Gasteiger partial charge in [-0.15, -0.1) is 11.3 Å². The number of hydrogen-bond acceptors (Lipinski definition) is 8. The van der Waals surface area contributed by atoms with Gasteiger partial charge in [0.05, 0.1) is 44.6 Å². The van der Waals surface area contributed by atoms with Crippen LogP contribution in [0.5, 0.6) is 17.2 Å². The number of rotatable bonds is 9. The van der Waals surface area contributed by atoms with Crippen molar-refractivity contribution in [2.24, 2.45) is 10.1 Å². The summed E-state index contributed by atoms with van der Waals surface area (Å²) >= 11 is 3.14. The van der Waals surface area contributed by atoms with E-state index in [-0.39, 0.29) is 0 Å². The molecule has 8 nitrogen and oxygen atoms in total. The summed E-state index contributed by atoms with van der Waals surface area (Å²) in [5, 5.41) is 16.2. The molecule has 0 bridgehead atoms. The van der Waals surface area contributed by atoms with Crippen molar-refractivity contribution in [1.82, 2.24) is 14.5 Å². The molecular weight excluding hydrogens is 591 g/mol. The second-order valence-corrected chi connectivity index (χ2v) is 11.5. The minimum atomic E-state index is 0.526. The van der Waals surface area contributed by atoms with E-state index >= 15 is 0 Å². The largest absolute Gasteiger partial charge is 0.493 e. The number of benzene rings is 3. The maximum atomic E-state index is 5.66. The maximum absolute atomic E-state index is 5.66. The molecule has 0 radical (unpaired) electrons. The summed E-state index contributed by atoms with van der Waals surface area (Å²) in [5.74, 6) is 1.64. The Morgan fingerprint density at radius 3 is 2.30 bits per heavy atom. The van der Waals surface area contributed by atoms with Gasteiger partial charge in [0.15, 0.2) is 11.5 Å². The van der Waals surface area contributed by atoms with Gasteiger partial charge >= 0.3 is 0 Å². The number of aromatic nitrogens is 3. The van der Waals surface area contributed by atoms with E-state index < -0.39 is 0 Å². The number of hydrogen-bond donors (Lipinski definition) is 0. The topological polar surface area (TPSA) is 75.2 Å². The van der Waals surface area contributed by atoms with Crippen LogP contribution in [0.2, 0.25) is 0 Å². The third-order valence-corrected chi connectivity index (χ3v) is 8.81. The molecular formula is C34H31N5O3S2. The lowest BCUT2D eigenvalue weighted by molar-refractivity contribution is 0.324. The molecule has 0 saturated carbocycles. The fourth-order valence-electron chi connectivity index (χ4n) is 4.81. The van der Waals surface area contributed by atoms with Gasteiger partial charge in [0.2, 0.25) is 10.6 Å². The molecule has 222 valence electrons. The van der Waals surface area contributed by atoms with Gasteiger partial charge in [-0.2, -0.15) is 21.5 Å². The Morgan fingerprint density at radius 1 is 0.841 bits per heavy atom. The highest BCUT2D eigenvalue weighted by Gasteiger charge is 2.18. The molecule has 0 fully saturated rings. The van der Waals surface area contributed by atoms with Gasteiger partial charge < -0.3 is 14.2 Å². The molecule has 0 saturated heterocycles. The molecule has 0 N–H and O–H groups in total. The van der Waals surface area contributed by atoms with Gasteiger partial charge in [0.1, 0.15) is 5.69 Å². The SMILES string of the molecule is COc1cc(-c2csc(=Nc3cccc(C)c3C)n2N=Cc2cn(-c3ccccc3)nc2-c2ccsc2)cc(OC)c1OC. The number of para-hydroxylation sites is 1. The minimum absolute atomic E-state index is 0.526. The molecule has 0 atom stereocenters. The average molecular weight is 622 g/mol. The smallest absolute Gasteiger partial charge is 0.211 e. The summed E-state index contributed by atoms with van der Waals surface area (Å²) < 4.78 is 20.6. The first kappa shape index (κ1) is 29.2. The van der Waals surface area contributed by atoms with Crippen LogP contribution in [0.15, 0.2) is 99.2 Å². The van der Waals surface area contributed by atoms with Crippen LogP contribution in [-0.2, 0) is 0 Å². The monoisotopic (exact) mass is 621 g/mol. The Kier molecular flexibility index (Phi) is 8.44. The van der Waals surface area contributed by atoms with Gasteiger partial charge in [0.25, 0.3) is 0 Å². The van der Waals surface area contributed by atoms with Crippen molar-refractivity contribution in [3.63, 3.8) is 0 Å². The van der Waals surface area contributed by atoms with Crippen molar-refractivity contribution < 1.29 is 14.2 Å². The van der Waals surface area contributed by atoms with Gasteiger partial charge in [-0.05, 0) is 66.8 Å². The second kappa shape index (κ2) is 12.7. The lowest BCUT2D eigenvalue weighted by Gasteiger charge is -2.14. The molecule has 0 aliphatic rings. The van der Waals surface area contributed by atoms with E-state index in [2.05, 4.69) is 36.7 Å². The molecule has 6 rings (SSSR count). The Labute approximate surface area is 263 Å². The first-order valence-corrected chi connectivity index (χ1v) is 15.7. The van der Waals surface area contributed by atoms with Crippen LogP contribution in [0, 0.1) is 13.8 Å². The standard InChI is InChI=1S/C34H31N5O3S2/c1-22-10-9-13-28(23(22)2)36-34-39(29(21-44-34)25-16-30(40-3)33(42-5)31(17-25)41-4)35-18-26-19-38(27-11-7-6-8-12-27)37-32(26)24-14-15-43-20-24/h6-21H,1-5H3. The van der Waals surface area contributed by atoms with E-state index in [1.165, 1.54) is 16.9 Å². The van der Waals surface area contributed by atoms with Crippen molar-refractivity contribution in [1.29, 1.82) is 0 Å². The van der Waals surface area contributed by atoms with Crippen molar-refractivity contribution in [3.8, 4) is 45.5 Å². The van der Waals surface area contributed by atoms with Crippen LogP contribution < -0.4 is 19.0 Å². The molecule has 3 heterocycles. The molecule has 44 heavy (non-hydrogen) atoms. The van der Waals surface area contributed by atoms with Crippen LogP contribution in [0.1, 0.15) is 16.7 Å². The van der Waals surface area contributed by atoms with E-state index in [9.17, 15) is 0 Å². The quantitative estimate of drug-likeness (QED) is 0.154. The van der Waals surface area contributed by atoms with E-state index in [4.69, 9.17) is 29.4 Å². The number of nitrogens with zero attached hydrogens (tertiary/aromatic N) is 5. The summed E-state index contributed by atoms with van der Waals surface area (Å²) in [6, 6.07) is 22.1. The summed E-state index contributed by atoms with van der Waals surface area (Å²) in [4.78, 5) is 5.78. The van der Waals surface area contributed by atoms with Crippen LogP contribution in [-0.4, -0.2) is 42.0 Å². The Morgan fingerprint density at radius 2 is 1.61 bits per heavy atom. The van der Waals surface area contributed by atoms with Crippen molar-refractivity contribution in [3.05, 3.63) is 111 Å². The summed E-state index contributed by atoms with van der Waals surface area (Å²) in [6.07, 6.45) is 3.84. The van der Waals surface area contributed by atoms with Crippen molar-refractivity contribution in [2.45, 2.75) is 13.8 Å². The molecule has 0 aliphatic heterocycles. The molecule has 0 amide bonds. The third kappa shape index (κ3) is 5.69. The molecule has 10 heteroatoms. The van der Waals surface area contributed by atoms with Gasteiger partial charge in [-0.25, -0.2) is 14.4 Å². The fraction of sp³-hybridized carbons (Fsp3) is 0.147. The van der Waals surface area contributed by atoms with Crippen LogP contribution in [0.4, 0.5) is 5.69 Å². The van der Waals surface area contributed by atoms with Crippen LogP contribution >= 0.6 is 22.7 Å². The zero-order valence-electron chi connectivity index (χ0n) is 25.0. The third-order valence-electron chi connectivity index (χ3n) is 7.31. The normalized spacial score (nSPS) is 11.8. The van der Waals surface area contributed by atoms with Gasteiger partial charge in [-0.1, -0.05) is 30.3 Å². The summed E-state index contributed by atoms with van der Waals surface area (Å²) in [6.45, 7) is 4.17. The molecule has 0 spiro atoms. The predicted octanol–water partition coefficient (Wildman–Crippen LogP) is 7.89. The summed E-state index contributed by atoms with van der Waals surface area (Å²) in [7, 11) is 4.81. The first-order valence-electron chi connectivity index (χ1n) is 13.8. The number of thiophene rings is 1. The van der Waals surface area contributed by atoms with Crippen molar-refractivity contribution >= 4 is 34.6 Å². The molecule has 3 aromatic carbocycles. The maximum Gasteiger partial charge on any atom is 0.211 e. The minimum Gasteiger partial charge on any atom is -0.493 e. The van der Waals surface area contributed by atoms with E-state index in [0.717, 1.165) is 45.0 Å². The number of ether oxygens (including phenoxy) is 3.